The van der Waals surface area contributed by atoms with E-state index in [0.29, 0.717) is 22.1 Å². The highest BCUT2D eigenvalue weighted by molar-refractivity contribution is 5.89. The average Bonchev–Trinajstić information content (AvgIpc) is 3.01. The minimum absolute atomic E-state index is 0.0763. The van der Waals surface area contributed by atoms with Gasteiger partial charge >= 0.3 is 6.18 Å². The van der Waals surface area contributed by atoms with Crippen molar-refractivity contribution in [1.29, 1.82) is 0 Å². The molecule has 140 valence electrons. The molecule has 0 fully saturated rings. The van der Waals surface area contributed by atoms with Gasteiger partial charge in [-0.2, -0.15) is 18.3 Å². The Morgan fingerprint density at radius 1 is 1.22 bits per heavy atom. The summed E-state index contributed by atoms with van der Waals surface area (Å²) in [5, 5.41) is 9.78. The molecule has 0 unspecified atom stereocenters. The van der Waals surface area contributed by atoms with E-state index in [4.69, 9.17) is 4.52 Å². The van der Waals surface area contributed by atoms with Crippen molar-refractivity contribution in [2.24, 2.45) is 0 Å². The summed E-state index contributed by atoms with van der Waals surface area (Å²) in [5.74, 6) is -0.247. The van der Waals surface area contributed by atoms with Crippen molar-refractivity contribution >= 4 is 11.7 Å². The molecule has 2 heterocycles. The number of nitrogens with one attached hydrogen (secondary N) is 1. The number of amides is 1. The normalized spacial score (nSPS) is 11.4. The van der Waals surface area contributed by atoms with E-state index in [1.54, 1.807) is 37.3 Å². The lowest BCUT2D eigenvalue weighted by molar-refractivity contribution is -0.139. The molecule has 0 atom stereocenters. The van der Waals surface area contributed by atoms with Crippen LogP contribution in [-0.4, -0.2) is 20.8 Å². The maximum atomic E-state index is 13.2. The molecule has 7 nitrogen and oxygen atoms in total. The van der Waals surface area contributed by atoms with Gasteiger partial charge in [-0.15, -0.1) is 0 Å². The third kappa shape index (κ3) is 4.22. The molecule has 2 aromatic heterocycles. The molecule has 0 bridgehead atoms. The van der Waals surface area contributed by atoms with Crippen LogP contribution in [0.4, 0.5) is 19.0 Å². The smallest absolute Gasteiger partial charge is 0.360 e. The predicted octanol–water partition coefficient (Wildman–Crippen LogP) is 2.86. The predicted molar refractivity (Wildman–Crippen MR) is 88.8 cm³/mol. The molecule has 27 heavy (non-hydrogen) atoms. The van der Waals surface area contributed by atoms with Crippen LogP contribution >= 0.6 is 0 Å². The van der Waals surface area contributed by atoms with E-state index in [-0.39, 0.29) is 11.5 Å². The van der Waals surface area contributed by atoms with E-state index >= 15 is 0 Å². The molecule has 1 N–H and O–H groups in total. The minimum atomic E-state index is -4.88. The standard InChI is InChI=1S/C17H13F3N4O3/c1-10-7-14(23-27-10)21-15(25)9-24-16(26)12(17(18,19)20)8-13(22-24)11-5-3-2-4-6-11/h2-8H,9H2,1H3,(H,21,23,25). The van der Waals surface area contributed by atoms with Crippen molar-refractivity contribution in [3.63, 3.8) is 0 Å². The van der Waals surface area contributed by atoms with E-state index in [9.17, 15) is 22.8 Å². The summed E-state index contributed by atoms with van der Waals surface area (Å²) in [6.45, 7) is 0.891. The topological polar surface area (TPSA) is 90.0 Å². The van der Waals surface area contributed by atoms with Gasteiger partial charge < -0.3 is 9.84 Å². The minimum Gasteiger partial charge on any atom is -0.360 e. The number of benzene rings is 1. The van der Waals surface area contributed by atoms with Gasteiger partial charge in [-0.1, -0.05) is 35.5 Å². The number of carbonyl (C=O) groups excluding carboxylic acids is 1. The molecule has 0 saturated heterocycles. The van der Waals surface area contributed by atoms with E-state index in [1.807, 2.05) is 0 Å². The zero-order valence-corrected chi connectivity index (χ0v) is 13.9. The van der Waals surface area contributed by atoms with Gasteiger partial charge in [-0.3, -0.25) is 9.59 Å². The molecule has 1 aromatic carbocycles. The van der Waals surface area contributed by atoms with E-state index < -0.39 is 29.8 Å². The monoisotopic (exact) mass is 378 g/mol. The van der Waals surface area contributed by atoms with Crippen molar-refractivity contribution < 1.29 is 22.5 Å². The third-order valence-corrected chi connectivity index (χ3v) is 3.54. The number of hydrogen-bond donors (Lipinski definition) is 1. The van der Waals surface area contributed by atoms with Gasteiger partial charge in [0.1, 0.15) is 17.9 Å². The molecule has 3 rings (SSSR count). The van der Waals surface area contributed by atoms with Gasteiger partial charge in [0.2, 0.25) is 5.91 Å². The second-order valence-corrected chi connectivity index (χ2v) is 5.64. The number of aromatic nitrogens is 3. The maximum Gasteiger partial charge on any atom is 0.421 e. The first-order chi connectivity index (χ1) is 12.7. The fourth-order valence-corrected chi connectivity index (χ4v) is 2.35. The number of aryl methyl sites for hydroxylation is 1. The first-order valence-corrected chi connectivity index (χ1v) is 7.72. The number of rotatable bonds is 4. The van der Waals surface area contributed by atoms with Crippen LogP contribution in [0.3, 0.4) is 0 Å². The van der Waals surface area contributed by atoms with E-state index in [0.717, 1.165) is 0 Å². The molecule has 0 aliphatic carbocycles. The summed E-state index contributed by atoms with van der Waals surface area (Å²) >= 11 is 0. The second kappa shape index (κ2) is 7.06. The quantitative estimate of drug-likeness (QED) is 0.754. The number of anilines is 1. The second-order valence-electron chi connectivity index (χ2n) is 5.64. The van der Waals surface area contributed by atoms with Crippen molar-refractivity contribution in [3.05, 3.63) is 64.1 Å². The van der Waals surface area contributed by atoms with E-state index in [1.165, 1.54) is 6.07 Å². The summed E-state index contributed by atoms with van der Waals surface area (Å²) in [5.41, 5.74) is -2.51. The maximum absolute atomic E-state index is 13.2. The van der Waals surface area contributed by atoms with Crippen LogP contribution in [-0.2, 0) is 17.5 Å². The van der Waals surface area contributed by atoms with Crippen LogP contribution in [0.25, 0.3) is 11.3 Å². The Kier molecular flexibility index (Phi) is 4.80. The van der Waals surface area contributed by atoms with Gasteiger partial charge in [0.15, 0.2) is 5.82 Å². The Labute approximate surface area is 150 Å². The first-order valence-electron chi connectivity index (χ1n) is 7.72. The Balaban J connectivity index is 1.98. The summed E-state index contributed by atoms with van der Waals surface area (Å²) in [6, 6.07) is 10.1. The van der Waals surface area contributed by atoms with Gasteiger partial charge in [-0.05, 0) is 13.0 Å². The zero-order valence-electron chi connectivity index (χ0n) is 13.9. The van der Waals surface area contributed by atoms with Crippen LogP contribution in [0.1, 0.15) is 11.3 Å². The van der Waals surface area contributed by atoms with Crippen molar-refractivity contribution in [2.75, 3.05) is 5.32 Å². The molecule has 1 amide bonds. The Morgan fingerprint density at radius 2 is 1.93 bits per heavy atom. The SMILES string of the molecule is Cc1cc(NC(=O)Cn2nc(-c3ccccc3)cc(C(F)(F)F)c2=O)no1. The highest BCUT2D eigenvalue weighted by Crippen LogP contribution is 2.28. The fraction of sp³-hybridized carbons (Fsp3) is 0.176. The summed E-state index contributed by atoms with van der Waals surface area (Å²) < 4.78 is 45.0. The Morgan fingerprint density at radius 3 is 2.52 bits per heavy atom. The van der Waals surface area contributed by atoms with Crippen LogP contribution in [0.15, 0.2) is 51.8 Å². The van der Waals surface area contributed by atoms with Crippen molar-refractivity contribution in [1.82, 2.24) is 14.9 Å². The van der Waals surface area contributed by atoms with Crippen LogP contribution in [0.5, 0.6) is 0 Å². The average molecular weight is 378 g/mol. The lowest BCUT2D eigenvalue weighted by Crippen LogP contribution is -2.34. The zero-order chi connectivity index (χ0) is 19.6. The lowest BCUT2D eigenvalue weighted by Gasteiger charge is -2.12. The van der Waals surface area contributed by atoms with Crippen LogP contribution in [0.2, 0.25) is 0 Å². The van der Waals surface area contributed by atoms with E-state index in [2.05, 4.69) is 15.6 Å². The van der Waals surface area contributed by atoms with Gasteiger partial charge in [0.05, 0.1) is 5.69 Å². The molecule has 3 aromatic rings. The molecule has 0 radical (unpaired) electrons. The highest BCUT2D eigenvalue weighted by atomic mass is 19.4. The Bertz CT molecular complexity index is 1030. The molecular formula is C17H13F3N4O3. The number of halogens is 3. The highest BCUT2D eigenvalue weighted by Gasteiger charge is 2.35. The van der Waals surface area contributed by atoms with Crippen LogP contribution in [0, 0.1) is 6.92 Å². The summed E-state index contributed by atoms with van der Waals surface area (Å²) in [7, 11) is 0. The summed E-state index contributed by atoms with van der Waals surface area (Å²) in [4.78, 5) is 24.2. The fourth-order valence-electron chi connectivity index (χ4n) is 2.35. The summed E-state index contributed by atoms with van der Waals surface area (Å²) in [6.07, 6.45) is -4.88. The number of alkyl halides is 3. The molecule has 0 aliphatic rings. The van der Waals surface area contributed by atoms with Gasteiger partial charge in [-0.25, -0.2) is 4.68 Å². The lowest BCUT2D eigenvalue weighted by atomic mass is 10.1. The number of carbonyl (C=O) groups is 1. The largest absolute Gasteiger partial charge is 0.421 e. The van der Waals surface area contributed by atoms with Crippen molar-refractivity contribution in [3.8, 4) is 11.3 Å². The number of hydrogen-bond acceptors (Lipinski definition) is 5. The van der Waals surface area contributed by atoms with Crippen molar-refractivity contribution in [2.45, 2.75) is 19.6 Å². The molecule has 0 saturated carbocycles. The third-order valence-electron chi connectivity index (χ3n) is 3.54. The van der Waals surface area contributed by atoms with Gasteiger partial charge in [0.25, 0.3) is 5.56 Å². The molecule has 0 spiro atoms. The molecule has 0 aliphatic heterocycles. The van der Waals surface area contributed by atoms with Crippen LogP contribution < -0.4 is 10.9 Å². The Hall–Kier alpha value is -3.43. The first kappa shape index (κ1) is 18.4. The van der Waals surface area contributed by atoms with Gasteiger partial charge in [0, 0.05) is 11.6 Å². The molecular weight excluding hydrogens is 365 g/mol. The number of nitrogens with zero attached hydrogens (tertiary/aromatic N) is 3. The molecule has 10 heteroatoms.